The van der Waals surface area contributed by atoms with Crippen LogP contribution >= 0.6 is 0 Å². The van der Waals surface area contributed by atoms with E-state index in [4.69, 9.17) is 19.3 Å². The first-order chi connectivity index (χ1) is 7.80. The minimum atomic E-state index is 0.00225. The lowest BCUT2D eigenvalue weighted by atomic mass is 10.1. The number of methoxy groups -OCH3 is 2. The predicted octanol–water partition coefficient (Wildman–Crippen LogP) is 1.35. The zero-order valence-electron chi connectivity index (χ0n) is 9.73. The third-order valence-electron chi connectivity index (χ3n) is 2.14. The fraction of sp³-hybridized carbons (Fsp3) is 0.500. The van der Waals surface area contributed by atoms with Crippen LogP contribution in [0.25, 0.3) is 0 Å². The van der Waals surface area contributed by atoms with E-state index in [-0.39, 0.29) is 6.61 Å². The lowest BCUT2D eigenvalue weighted by Crippen LogP contribution is -2.02. The summed E-state index contributed by atoms with van der Waals surface area (Å²) in [7, 11) is 3.24. The molecule has 0 saturated carbocycles. The maximum Gasteiger partial charge on any atom is 0.119 e. The molecule has 0 aliphatic rings. The molecule has 1 N–H and O–H groups in total. The summed E-state index contributed by atoms with van der Waals surface area (Å²) in [5.41, 5.74) is 1.81. The lowest BCUT2D eigenvalue weighted by Gasteiger charge is -2.08. The largest absolute Gasteiger partial charge is 0.497 e. The van der Waals surface area contributed by atoms with Gasteiger partial charge in [0.1, 0.15) is 5.75 Å². The number of ether oxygens (including phenoxy) is 3. The highest BCUT2D eigenvalue weighted by atomic mass is 16.5. The Morgan fingerprint density at radius 2 is 1.81 bits per heavy atom. The molecule has 0 heterocycles. The minimum absolute atomic E-state index is 0.00225. The molecule has 0 atom stereocenters. The van der Waals surface area contributed by atoms with Gasteiger partial charge in [-0.05, 0) is 23.3 Å². The standard InChI is InChI=1S/C12H18O4/c1-14-3-4-16-9-11-5-10(8-13)6-12(7-11)15-2/h5-7,13H,3-4,8-9H2,1-2H3. The van der Waals surface area contributed by atoms with Gasteiger partial charge in [0.2, 0.25) is 0 Å². The quantitative estimate of drug-likeness (QED) is 0.713. The van der Waals surface area contributed by atoms with Gasteiger partial charge in [0.05, 0.1) is 33.5 Å². The Labute approximate surface area is 95.8 Å². The van der Waals surface area contributed by atoms with E-state index in [2.05, 4.69) is 0 Å². The molecule has 0 unspecified atom stereocenters. The number of aliphatic hydroxyl groups is 1. The fourth-order valence-corrected chi connectivity index (χ4v) is 1.35. The van der Waals surface area contributed by atoms with Crippen LogP contribution < -0.4 is 4.74 Å². The van der Waals surface area contributed by atoms with Crippen molar-refractivity contribution in [1.29, 1.82) is 0 Å². The first kappa shape index (κ1) is 13.0. The van der Waals surface area contributed by atoms with E-state index in [0.29, 0.717) is 19.8 Å². The minimum Gasteiger partial charge on any atom is -0.497 e. The molecule has 0 aliphatic carbocycles. The van der Waals surface area contributed by atoms with Crippen LogP contribution in [0.5, 0.6) is 5.75 Å². The van der Waals surface area contributed by atoms with Crippen LogP contribution in [-0.4, -0.2) is 32.5 Å². The van der Waals surface area contributed by atoms with Crippen molar-refractivity contribution in [2.45, 2.75) is 13.2 Å². The summed E-state index contributed by atoms with van der Waals surface area (Å²) in [4.78, 5) is 0. The van der Waals surface area contributed by atoms with Gasteiger partial charge in [-0.1, -0.05) is 6.07 Å². The third-order valence-corrected chi connectivity index (χ3v) is 2.14. The molecule has 90 valence electrons. The number of hydrogen-bond donors (Lipinski definition) is 1. The smallest absolute Gasteiger partial charge is 0.119 e. The van der Waals surface area contributed by atoms with Crippen molar-refractivity contribution in [1.82, 2.24) is 0 Å². The van der Waals surface area contributed by atoms with Gasteiger partial charge in [-0.25, -0.2) is 0 Å². The summed E-state index contributed by atoms with van der Waals surface area (Å²) in [6.07, 6.45) is 0. The average molecular weight is 226 g/mol. The number of benzene rings is 1. The van der Waals surface area contributed by atoms with E-state index in [9.17, 15) is 0 Å². The fourth-order valence-electron chi connectivity index (χ4n) is 1.35. The van der Waals surface area contributed by atoms with Gasteiger partial charge in [0, 0.05) is 7.11 Å². The van der Waals surface area contributed by atoms with Crippen LogP contribution in [-0.2, 0) is 22.7 Å². The van der Waals surface area contributed by atoms with Crippen molar-refractivity contribution in [2.24, 2.45) is 0 Å². The molecule has 0 aromatic heterocycles. The Balaban J connectivity index is 2.57. The van der Waals surface area contributed by atoms with Crippen molar-refractivity contribution < 1.29 is 19.3 Å². The summed E-state index contributed by atoms with van der Waals surface area (Å²) < 4.78 is 15.4. The lowest BCUT2D eigenvalue weighted by molar-refractivity contribution is 0.0615. The first-order valence-corrected chi connectivity index (χ1v) is 5.14. The van der Waals surface area contributed by atoms with Crippen LogP contribution in [0.2, 0.25) is 0 Å². The normalized spacial score (nSPS) is 10.4. The molecule has 1 rings (SSSR count). The summed E-state index contributed by atoms with van der Waals surface area (Å²) in [6.45, 7) is 1.63. The van der Waals surface area contributed by atoms with Gasteiger partial charge in [-0.3, -0.25) is 0 Å². The second kappa shape index (κ2) is 7.22. The second-order valence-corrected chi connectivity index (χ2v) is 3.39. The Bertz CT molecular complexity index is 290. The molecule has 16 heavy (non-hydrogen) atoms. The molecule has 0 spiro atoms. The Kier molecular flexibility index (Phi) is 5.85. The van der Waals surface area contributed by atoms with Crippen molar-refractivity contribution in [3.8, 4) is 5.75 Å². The van der Waals surface area contributed by atoms with Gasteiger partial charge in [-0.2, -0.15) is 0 Å². The molecule has 0 fully saturated rings. The third kappa shape index (κ3) is 4.18. The molecule has 0 amide bonds. The van der Waals surface area contributed by atoms with E-state index >= 15 is 0 Å². The van der Waals surface area contributed by atoms with Crippen LogP contribution in [0.1, 0.15) is 11.1 Å². The zero-order chi connectivity index (χ0) is 11.8. The monoisotopic (exact) mass is 226 g/mol. The van der Waals surface area contributed by atoms with E-state index in [1.54, 1.807) is 20.3 Å². The molecule has 1 aromatic carbocycles. The molecule has 0 bridgehead atoms. The first-order valence-electron chi connectivity index (χ1n) is 5.14. The predicted molar refractivity (Wildman–Crippen MR) is 60.4 cm³/mol. The number of aliphatic hydroxyl groups excluding tert-OH is 1. The molecular formula is C12H18O4. The highest BCUT2D eigenvalue weighted by Gasteiger charge is 2.01. The van der Waals surface area contributed by atoms with Crippen LogP contribution in [0.3, 0.4) is 0 Å². The second-order valence-electron chi connectivity index (χ2n) is 3.39. The van der Waals surface area contributed by atoms with Crippen molar-refractivity contribution in [3.05, 3.63) is 29.3 Å². The Morgan fingerprint density at radius 3 is 2.44 bits per heavy atom. The number of rotatable bonds is 7. The van der Waals surface area contributed by atoms with Gasteiger partial charge in [0.15, 0.2) is 0 Å². The van der Waals surface area contributed by atoms with E-state index in [1.165, 1.54) is 0 Å². The molecule has 4 heteroatoms. The maximum absolute atomic E-state index is 9.08. The molecule has 0 saturated heterocycles. The summed E-state index contributed by atoms with van der Waals surface area (Å²) in [6, 6.07) is 5.60. The van der Waals surface area contributed by atoms with E-state index in [0.717, 1.165) is 16.9 Å². The average Bonchev–Trinajstić information content (AvgIpc) is 2.34. The highest BCUT2D eigenvalue weighted by Crippen LogP contribution is 2.17. The molecule has 0 radical (unpaired) electrons. The van der Waals surface area contributed by atoms with Gasteiger partial charge in [-0.15, -0.1) is 0 Å². The molecule has 1 aromatic rings. The van der Waals surface area contributed by atoms with Crippen molar-refractivity contribution in [2.75, 3.05) is 27.4 Å². The molecule has 4 nitrogen and oxygen atoms in total. The van der Waals surface area contributed by atoms with Gasteiger partial charge >= 0.3 is 0 Å². The van der Waals surface area contributed by atoms with Crippen molar-refractivity contribution >= 4 is 0 Å². The Morgan fingerprint density at radius 1 is 1.06 bits per heavy atom. The van der Waals surface area contributed by atoms with Gasteiger partial charge < -0.3 is 19.3 Å². The summed E-state index contributed by atoms with van der Waals surface area (Å²) in [5, 5.41) is 9.08. The molecule has 0 aliphatic heterocycles. The van der Waals surface area contributed by atoms with Crippen molar-refractivity contribution in [3.63, 3.8) is 0 Å². The topological polar surface area (TPSA) is 47.9 Å². The SMILES string of the molecule is COCCOCc1cc(CO)cc(OC)c1. The van der Waals surface area contributed by atoms with E-state index < -0.39 is 0 Å². The summed E-state index contributed by atoms with van der Waals surface area (Å²) >= 11 is 0. The number of hydrogen-bond acceptors (Lipinski definition) is 4. The maximum atomic E-state index is 9.08. The van der Waals surface area contributed by atoms with Gasteiger partial charge in [0.25, 0.3) is 0 Å². The van der Waals surface area contributed by atoms with Crippen LogP contribution in [0, 0.1) is 0 Å². The highest BCUT2D eigenvalue weighted by molar-refractivity contribution is 5.33. The van der Waals surface area contributed by atoms with Crippen LogP contribution in [0.4, 0.5) is 0 Å². The van der Waals surface area contributed by atoms with E-state index in [1.807, 2.05) is 12.1 Å². The zero-order valence-corrected chi connectivity index (χ0v) is 9.73. The van der Waals surface area contributed by atoms with Crippen LogP contribution in [0.15, 0.2) is 18.2 Å². The Hall–Kier alpha value is -1.10. The molecular weight excluding hydrogens is 208 g/mol. The summed E-state index contributed by atoms with van der Waals surface area (Å²) in [5.74, 6) is 0.733.